The number of hydrogen-bond donors (Lipinski definition) is 0. The molecule has 1 aliphatic rings. The number of ether oxygens (including phenoxy) is 2. The highest BCUT2D eigenvalue weighted by molar-refractivity contribution is 5.99. The molecule has 0 bridgehead atoms. The topological polar surface area (TPSA) is 64.6 Å². The van der Waals surface area contributed by atoms with Crippen molar-refractivity contribution >= 4 is 5.91 Å². The maximum Gasteiger partial charge on any atom is 0.257 e. The Hall–Kier alpha value is -3.41. The summed E-state index contributed by atoms with van der Waals surface area (Å²) in [6, 6.07) is 15.3. The molecule has 0 N–H and O–H groups in total. The first-order valence-corrected chi connectivity index (χ1v) is 9.60. The largest absolute Gasteiger partial charge is 0.486 e. The van der Waals surface area contributed by atoms with Crippen LogP contribution in [0.15, 0.2) is 54.7 Å². The van der Waals surface area contributed by atoms with Gasteiger partial charge in [0, 0.05) is 18.8 Å². The average molecular weight is 389 g/mol. The zero-order valence-corrected chi connectivity index (χ0v) is 16.8. The van der Waals surface area contributed by atoms with Crippen LogP contribution in [0.25, 0.3) is 11.3 Å². The summed E-state index contributed by atoms with van der Waals surface area (Å²) in [4.78, 5) is 23.8. The van der Waals surface area contributed by atoms with Gasteiger partial charge in [-0.1, -0.05) is 36.4 Å². The number of rotatable bonds is 4. The Morgan fingerprint density at radius 3 is 2.55 bits per heavy atom. The lowest BCUT2D eigenvalue weighted by Gasteiger charge is -2.27. The van der Waals surface area contributed by atoms with Crippen molar-refractivity contribution < 1.29 is 14.3 Å². The molecular weight excluding hydrogens is 366 g/mol. The van der Waals surface area contributed by atoms with Crippen LogP contribution in [0.1, 0.15) is 34.7 Å². The standard InChI is InChI=1S/C23H23N3O3/c1-15(18-9-10-20-21(13-18)29-12-11-28-20)26(3)23(27)19-14-24-16(2)25-22(19)17-7-5-4-6-8-17/h4-10,13-15H,11-12H2,1-3H3. The Balaban J connectivity index is 1.64. The highest BCUT2D eigenvalue weighted by atomic mass is 16.6. The molecule has 2 heterocycles. The number of aromatic nitrogens is 2. The second-order valence-corrected chi connectivity index (χ2v) is 7.04. The Labute approximate surface area is 170 Å². The summed E-state index contributed by atoms with van der Waals surface area (Å²) in [7, 11) is 1.79. The molecule has 4 rings (SSSR count). The minimum atomic E-state index is -0.164. The van der Waals surface area contributed by atoms with E-state index in [1.165, 1.54) is 0 Å². The third kappa shape index (κ3) is 3.78. The zero-order valence-electron chi connectivity index (χ0n) is 16.8. The maximum atomic E-state index is 13.3. The first-order chi connectivity index (χ1) is 14.0. The molecule has 0 radical (unpaired) electrons. The monoisotopic (exact) mass is 389 g/mol. The molecule has 6 heteroatoms. The molecule has 1 aromatic heterocycles. The Morgan fingerprint density at radius 2 is 1.79 bits per heavy atom. The summed E-state index contributed by atoms with van der Waals surface area (Å²) in [6.07, 6.45) is 1.61. The van der Waals surface area contributed by atoms with Crippen LogP contribution in [0, 0.1) is 6.92 Å². The number of hydrogen-bond acceptors (Lipinski definition) is 5. The first kappa shape index (κ1) is 18.9. The number of carbonyl (C=O) groups excluding carboxylic acids is 1. The summed E-state index contributed by atoms with van der Waals surface area (Å²) < 4.78 is 11.3. The summed E-state index contributed by atoms with van der Waals surface area (Å²) in [6.45, 7) is 4.89. The van der Waals surface area contributed by atoms with Crippen molar-refractivity contribution in [2.24, 2.45) is 0 Å². The fraction of sp³-hybridized carbons (Fsp3) is 0.261. The Morgan fingerprint density at radius 1 is 1.07 bits per heavy atom. The minimum Gasteiger partial charge on any atom is -0.486 e. The minimum absolute atomic E-state index is 0.133. The number of benzene rings is 2. The number of amides is 1. The third-order valence-electron chi connectivity index (χ3n) is 5.14. The van der Waals surface area contributed by atoms with Gasteiger partial charge >= 0.3 is 0 Å². The SMILES string of the molecule is Cc1ncc(C(=O)N(C)C(C)c2ccc3c(c2)OCCO3)c(-c2ccccc2)n1. The molecule has 0 spiro atoms. The van der Waals surface area contributed by atoms with Crippen molar-refractivity contribution in [3.8, 4) is 22.8 Å². The lowest BCUT2D eigenvalue weighted by Crippen LogP contribution is -2.30. The number of carbonyl (C=O) groups is 1. The van der Waals surface area contributed by atoms with Gasteiger partial charge in [-0.25, -0.2) is 9.97 Å². The van der Waals surface area contributed by atoms with E-state index in [-0.39, 0.29) is 11.9 Å². The van der Waals surface area contributed by atoms with E-state index in [0.29, 0.717) is 36.0 Å². The third-order valence-corrected chi connectivity index (χ3v) is 5.14. The van der Waals surface area contributed by atoms with E-state index in [4.69, 9.17) is 9.47 Å². The molecule has 2 aromatic carbocycles. The molecule has 1 atom stereocenters. The molecule has 1 aliphatic heterocycles. The molecule has 1 amide bonds. The van der Waals surface area contributed by atoms with Gasteiger partial charge in [-0.2, -0.15) is 0 Å². The normalized spacial score (nSPS) is 13.6. The van der Waals surface area contributed by atoms with Gasteiger partial charge in [0.1, 0.15) is 19.0 Å². The van der Waals surface area contributed by atoms with Gasteiger partial charge in [-0.3, -0.25) is 4.79 Å². The van der Waals surface area contributed by atoms with Gasteiger partial charge in [0.05, 0.1) is 17.3 Å². The van der Waals surface area contributed by atoms with E-state index >= 15 is 0 Å². The van der Waals surface area contributed by atoms with Crippen molar-refractivity contribution in [1.82, 2.24) is 14.9 Å². The second kappa shape index (κ2) is 7.91. The van der Waals surface area contributed by atoms with E-state index in [1.54, 1.807) is 18.1 Å². The van der Waals surface area contributed by atoms with E-state index < -0.39 is 0 Å². The quantitative estimate of drug-likeness (QED) is 0.673. The van der Waals surface area contributed by atoms with E-state index in [1.807, 2.05) is 62.4 Å². The predicted molar refractivity (Wildman–Crippen MR) is 110 cm³/mol. The number of aryl methyl sites for hydroxylation is 1. The van der Waals surface area contributed by atoms with Crippen molar-refractivity contribution in [3.05, 3.63) is 71.7 Å². The fourth-order valence-electron chi connectivity index (χ4n) is 3.35. The van der Waals surface area contributed by atoms with Crippen LogP contribution in [0.4, 0.5) is 0 Å². The fourth-order valence-corrected chi connectivity index (χ4v) is 3.35. The van der Waals surface area contributed by atoms with Crippen LogP contribution >= 0.6 is 0 Å². The van der Waals surface area contributed by atoms with E-state index in [0.717, 1.165) is 16.9 Å². The molecule has 3 aromatic rings. The molecular formula is C23H23N3O3. The van der Waals surface area contributed by atoms with Crippen molar-refractivity contribution in [1.29, 1.82) is 0 Å². The predicted octanol–water partition coefficient (Wildman–Crippen LogP) is 4.06. The van der Waals surface area contributed by atoms with Gasteiger partial charge < -0.3 is 14.4 Å². The zero-order chi connectivity index (χ0) is 20.4. The molecule has 0 saturated carbocycles. The van der Waals surface area contributed by atoms with Gasteiger partial charge in [0.25, 0.3) is 5.91 Å². The maximum absolute atomic E-state index is 13.3. The van der Waals surface area contributed by atoms with Crippen LogP contribution in [0.2, 0.25) is 0 Å². The summed E-state index contributed by atoms with van der Waals surface area (Å²) >= 11 is 0. The van der Waals surface area contributed by atoms with Crippen LogP contribution in [0.3, 0.4) is 0 Å². The van der Waals surface area contributed by atoms with Gasteiger partial charge in [-0.15, -0.1) is 0 Å². The highest BCUT2D eigenvalue weighted by Crippen LogP contribution is 2.34. The van der Waals surface area contributed by atoms with E-state index in [9.17, 15) is 4.79 Å². The van der Waals surface area contributed by atoms with Crippen LogP contribution < -0.4 is 9.47 Å². The summed E-state index contributed by atoms with van der Waals surface area (Å²) in [5.41, 5.74) is 2.99. The lowest BCUT2D eigenvalue weighted by atomic mass is 10.0. The van der Waals surface area contributed by atoms with Gasteiger partial charge in [0.15, 0.2) is 11.5 Å². The molecule has 0 fully saturated rings. The van der Waals surface area contributed by atoms with Gasteiger partial charge in [-0.05, 0) is 31.5 Å². The van der Waals surface area contributed by atoms with E-state index in [2.05, 4.69) is 9.97 Å². The smallest absolute Gasteiger partial charge is 0.257 e. The molecule has 0 saturated heterocycles. The van der Waals surface area contributed by atoms with Crippen molar-refractivity contribution in [3.63, 3.8) is 0 Å². The lowest BCUT2D eigenvalue weighted by molar-refractivity contribution is 0.0742. The molecule has 148 valence electrons. The summed E-state index contributed by atoms with van der Waals surface area (Å²) in [5, 5.41) is 0. The summed E-state index contributed by atoms with van der Waals surface area (Å²) in [5.74, 6) is 1.94. The average Bonchev–Trinajstić information content (AvgIpc) is 2.77. The van der Waals surface area contributed by atoms with Crippen LogP contribution in [-0.2, 0) is 0 Å². The number of fused-ring (bicyclic) bond motifs is 1. The molecule has 1 unspecified atom stereocenters. The first-order valence-electron chi connectivity index (χ1n) is 9.60. The van der Waals surface area contributed by atoms with Crippen LogP contribution in [-0.4, -0.2) is 41.0 Å². The molecule has 6 nitrogen and oxygen atoms in total. The highest BCUT2D eigenvalue weighted by Gasteiger charge is 2.24. The number of nitrogens with zero attached hydrogens (tertiary/aromatic N) is 3. The molecule has 29 heavy (non-hydrogen) atoms. The van der Waals surface area contributed by atoms with Crippen LogP contribution in [0.5, 0.6) is 11.5 Å². The molecule has 0 aliphatic carbocycles. The van der Waals surface area contributed by atoms with Crippen molar-refractivity contribution in [2.75, 3.05) is 20.3 Å². The second-order valence-electron chi connectivity index (χ2n) is 7.04. The van der Waals surface area contributed by atoms with Gasteiger partial charge in [0.2, 0.25) is 0 Å². The Kier molecular flexibility index (Phi) is 5.16. The Bertz CT molecular complexity index is 1040. The van der Waals surface area contributed by atoms with Crippen molar-refractivity contribution in [2.45, 2.75) is 19.9 Å².